The smallest absolute Gasteiger partial charge is 0.238 e. The van der Waals surface area contributed by atoms with Gasteiger partial charge in [-0.1, -0.05) is 24.4 Å². The molecule has 0 radical (unpaired) electrons. The van der Waals surface area contributed by atoms with Crippen LogP contribution in [0.15, 0.2) is 27.3 Å². The molecule has 8 heteroatoms. The number of nitrogens with zero attached hydrogens (tertiary/aromatic N) is 3. The van der Waals surface area contributed by atoms with E-state index in [1.807, 2.05) is 0 Å². The molecule has 2 fully saturated rings. The number of furan rings is 1. The Bertz CT molecular complexity index is 757. The molecule has 0 atom stereocenters. The average molecular weight is 337 g/mol. The zero-order valence-electron chi connectivity index (χ0n) is 12.7. The zero-order valence-corrected chi connectivity index (χ0v) is 13.5. The summed E-state index contributed by atoms with van der Waals surface area (Å²) in [6.45, 7) is 0.858. The third-order valence-electron chi connectivity index (χ3n) is 4.71. The summed E-state index contributed by atoms with van der Waals surface area (Å²) in [5.41, 5.74) is 0. The van der Waals surface area contributed by atoms with Gasteiger partial charge in [-0.25, -0.2) is 8.42 Å². The number of sulfonamides is 1. The van der Waals surface area contributed by atoms with E-state index < -0.39 is 10.0 Å². The maximum Gasteiger partial charge on any atom is 0.238 e. The molecule has 1 aliphatic carbocycles. The van der Waals surface area contributed by atoms with Gasteiger partial charge in [-0.3, -0.25) is 0 Å². The van der Waals surface area contributed by atoms with Crippen molar-refractivity contribution in [3.63, 3.8) is 0 Å². The third kappa shape index (κ3) is 2.70. The standard InChI is InChI=1S/C15H19N3O4S/c19-23(20,12-5-2-1-3-6-12)18-9-11(10-18)15-16-14(17-22-15)13-7-4-8-21-13/h4,7-8,11-12H,1-3,5-6,9-10H2. The molecule has 0 bridgehead atoms. The summed E-state index contributed by atoms with van der Waals surface area (Å²) in [6.07, 6.45) is 6.29. The van der Waals surface area contributed by atoms with Crippen LogP contribution in [-0.2, 0) is 10.0 Å². The maximum atomic E-state index is 12.6. The van der Waals surface area contributed by atoms with Crippen LogP contribution in [0.5, 0.6) is 0 Å². The Balaban J connectivity index is 1.41. The molecule has 23 heavy (non-hydrogen) atoms. The van der Waals surface area contributed by atoms with Crippen LogP contribution in [0.4, 0.5) is 0 Å². The summed E-state index contributed by atoms with van der Waals surface area (Å²) in [5, 5.41) is 3.68. The highest BCUT2D eigenvalue weighted by Crippen LogP contribution is 2.34. The minimum Gasteiger partial charge on any atom is -0.461 e. The van der Waals surface area contributed by atoms with Gasteiger partial charge in [0.2, 0.25) is 21.7 Å². The Hall–Kier alpha value is -1.67. The van der Waals surface area contributed by atoms with E-state index in [9.17, 15) is 8.42 Å². The van der Waals surface area contributed by atoms with E-state index in [-0.39, 0.29) is 11.2 Å². The molecule has 2 aromatic rings. The van der Waals surface area contributed by atoms with Crippen molar-refractivity contribution in [2.45, 2.75) is 43.3 Å². The summed E-state index contributed by atoms with van der Waals surface area (Å²) in [6, 6.07) is 3.52. The van der Waals surface area contributed by atoms with Gasteiger partial charge in [-0.15, -0.1) is 0 Å². The second kappa shape index (κ2) is 5.76. The number of hydrogen-bond donors (Lipinski definition) is 0. The lowest BCUT2D eigenvalue weighted by Gasteiger charge is -2.39. The quantitative estimate of drug-likeness (QED) is 0.851. The Labute approximate surface area is 134 Å². The van der Waals surface area contributed by atoms with Crippen molar-refractivity contribution in [1.29, 1.82) is 0 Å². The molecule has 3 heterocycles. The Morgan fingerprint density at radius 3 is 2.65 bits per heavy atom. The number of hydrogen-bond acceptors (Lipinski definition) is 6. The predicted octanol–water partition coefficient (Wildman–Crippen LogP) is 2.39. The van der Waals surface area contributed by atoms with Crippen LogP contribution in [0.25, 0.3) is 11.6 Å². The van der Waals surface area contributed by atoms with E-state index in [1.54, 1.807) is 22.7 Å². The van der Waals surface area contributed by atoms with Crippen molar-refractivity contribution >= 4 is 10.0 Å². The van der Waals surface area contributed by atoms with Crippen LogP contribution in [0.3, 0.4) is 0 Å². The lowest BCUT2D eigenvalue weighted by molar-refractivity contribution is 0.213. The fraction of sp³-hybridized carbons (Fsp3) is 0.600. The summed E-state index contributed by atoms with van der Waals surface area (Å²) >= 11 is 0. The van der Waals surface area contributed by atoms with Gasteiger partial charge in [-0.2, -0.15) is 9.29 Å². The van der Waals surface area contributed by atoms with Crippen LogP contribution >= 0.6 is 0 Å². The second-order valence-corrected chi connectivity index (χ2v) is 8.47. The molecule has 1 saturated heterocycles. The Kier molecular flexibility index (Phi) is 3.73. The normalized spacial score (nSPS) is 21.4. The molecule has 7 nitrogen and oxygen atoms in total. The lowest BCUT2D eigenvalue weighted by Crippen LogP contribution is -2.52. The van der Waals surface area contributed by atoms with Crippen LogP contribution < -0.4 is 0 Å². The molecular formula is C15H19N3O4S. The van der Waals surface area contributed by atoms with Gasteiger partial charge in [0.05, 0.1) is 17.4 Å². The molecular weight excluding hydrogens is 318 g/mol. The van der Waals surface area contributed by atoms with Crippen molar-refractivity contribution in [3.8, 4) is 11.6 Å². The monoisotopic (exact) mass is 337 g/mol. The summed E-state index contributed by atoms with van der Waals surface area (Å²) in [4.78, 5) is 4.31. The van der Waals surface area contributed by atoms with Gasteiger partial charge >= 0.3 is 0 Å². The molecule has 2 aliphatic rings. The zero-order chi connectivity index (χ0) is 15.9. The lowest BCUT2D eigenvalue weighted by atomic mass is 10.0. The Morgan fingerprint density at radius 1 is 1.17 bits per heavy atom. The maximum absolute atomic E-state index is 12.6. The first kappa shape index (κ1) is 14.9. The summed E-state index contributed by atoms with van der Waals surface area (Å²) in [5.74, 6) is 1.40. The van der Waals surface area contributed by atoms with Crippen molar-refractivity contribution in [2.75, 3.05) is 13.1 Å². The van der Waals surface area contributed by atoms with Gasteiger partial charge in [0.15, 0.2) is 5.76 Å². The molecule has 0 spiro atoms. The van der Waals surface area contributed by atoms with E-state index in [0.29, 0.717) is 30.6 Å². The molecule has 4 rings (SSSR count). The van der Waals surface area contributed by atoms with Crippen molar-refractivity contribution in [3.05, 3.63) is 24.3 Å². The molecule has 2 aromatic heterocycles. The Morgan fingerprint density at radius 2 is 1.96 bits per heavy atom. The fourth-order valence-corrected chi connectivity index (χ4v) is 5.41. The van der Waals surface area contributed by atoms with Gasteiger partial charge in [-0.05, 0) is 25.0 Å². The molecule has 0 aromatic carbocycles. The minimum atomic E-state index is -3.18. The van der Waals surface area contributed by atoms with E-state index in [2.05, 4.69) is 10.1 Å². The van der Waals surface area contributed by atoms with Crippen LogP contribution in [0.1, 0.15) is 43.9 Å². The first-order valence-electron chi connectivity index (χ1n) is 8.01. The van der Waals surface area contributed by atoms with Gasteiger partial charge in [0.25, 0.3) is 0 Å². The highest BCUT2D eigenvalue weighted by atomic mass is 32.2. The largest absolute Gasteiger partial charge is 0.461 e. The number of rotatable bonds is 4. The third-order valence-corrected chi connectivity index (χ3v) is 7.05. The first-order valence-corrected chi connectivity index (χ1v) is 9.51. The predicted molar refractivity (Wildman–Crippen MR) is 82.1 cm³/mol. The van der Waals surface area contributed by atoms with Crippen LogP contribution in [0, 0.1) is 0 Å². The van der Waals surface area contributed by atoms with Gasteiger partial charge in [0.1, 0.15) is 0 Å². The number of aromatic nitrogens is 2. The average Bonchev–Trinajstić information content (AvgIpc) is 3.17. The molecule has 0 N–H and O–H groups in total. The molecule has 124 valence electrons. The van der Waals surface area contributed by atoms with Crippen LogP contribution in [-0.4, -0.2) is 41.2 Å². The van der Waals surface area contributed by atoms with Crippen molar-refractivity contribution in [1.82, 2.24) is 14.4 Å². The molecule has 1 saturated carbocycles. The highest BCUT2D eigenvalue weighted by Gasteiger charge is 2.43. The topological polar surface area (TPSA) is 89.4 Å². The minimum absolute atomic E-state index is 0.0235. The van der Waals surface area contributed by atoms with Gasteiger partial charge in [0, 0.05) is 13.1 Å². The van der Waals surface area contributed by atoms with Crippen molar-refractivity contribution in [2.24, 2.45) is 0 Å². The van der Waals surface area contributed by atoms with E-state index in [4.69, 9.17) is 8.94 Å². The molecule has 0 unspecified atom stereocenters. The van der Waals surface area contributed by atoms with E-state index >= 15 is 0 Å². The van der Waals surface area contributed by atoms with E-state index in [0.717, 1.165) is 32.1 Å². The summed E-state index contributed by atoms with van der Waals surface area (Å²) < 4.78 is 37.2. The first-order chi connectivity index (χ1) is 11.1. The highest BCUT2D eigenvalue weighted by molar-refractivity contribution is 7.89. The fourth-order valence-electron chi connectivity index (χ4n) is 3.28. The molecule has 1 aliphatic heterocycles. The molecule has 0 amide bonds. The summed E-state index contributed by atoms with van der Waals surface area (Å²) in [7, 11) is -3.18. The second-order valence-electron chi connectivity index (χ2n) is 6.25. The van der Waals surface area contributed by atoms with Crippen LogP contribution in [0.2, 0.25) is 0 Å². The van der Waals surface area contributed by atoms with Gasteiger partial charge < -0.3 is 8.94 Å². The SMILES string of the molecule is O=S(=O)(C1CCCCC1)N1CC(c2nc(-c3ccco3)no2)C1. The van der Waals surface area contributed by atoms with E-state index in [1.165, 1.54) is 0 Å². The van der Waals surface area contributed by atoms with Crippen molar-refractivity contribution < 1.29 is 17.4 Å².